The van der Waals surface area contributed by atoms with Crippen LogP contribution in [0.3, 0.4) is 0 Å². The lowest BCUT2D eigenvalue weighted by Gasteiger charge is -2.22. The molecule has 8 heteroatoms. The molecule has 1 N–H and O–H groups in total. The second-order valence-electron chi connectivity index (χ2n) is 6.47. The Labute approximate surface area is 176 Å². The van der Waals surface area contributed by atoms with Crippen molar-refractivity contribution in [2.24, 2.45) is 0 Å². The van der Waals surface area contributed by atoms with Gasteiger partial charge in [-0.05, 0) is 48.2 Å². The topological polar surface area (TPSA) is 66.5 Å². The third-order valence-electron chi connectivity index (χ3n) is 4.29. The minimum Gasteiger partial charge on any atom is -0.352 e. The first kappa shape index (κ1) is 22.5. The highest BCUT2D eigenvalue weighted by molar-refractivity contribution is 7.92. The summed E-state index contributed by atoms with van der Waals surface area (Å²) in [5.41, 5.74) is 2.51. The number of benzene rings is 2. The van der Waals surface area contributed by atoms with Crippen LogP contribution in [0.5, 0.6) is 0 Å². The van der Waals surface area contributed by atoms with Crippen molar-refractivity contribution in [3.05, 3.63) is 63.6 Å². The van der Waals surface area contributed by atoms with Gasteiger partial charge in [0.1, 0.15) is 0 Å². The van der Waals surface area contributed by atoms with E-state index >= 15 is 0 Å². The fourth-order valence-corrected chi connectivity index (χ4v) is 4.16. The quantitative estimate of drug-likeness (QED) is 0.624. The zero-order valence-electron chi connectivity index (χ0n) is 15.9. The van der Waals surface area contributed by atoms with E-state index in [9.17, 15) is 13.2 Å². The first-order valence-corrected chi connectivity index (χ1v) is 11.6. The average Bonchev–Trinajstić information content (AvgIpc) is 2.63. The van der Waals surface area contributed by atoms with Crippen molar-refractivity contribution in [1.29, 1.82) is 0 Å². The molecule has 2 aromatic carbocycles. The number of aryl methyl sites for hydroxylation is 1. The number of hydrogen-bond donors (Lipinski definition) is 1. The fourth-order valence-electron chi connectivity index (χ4n) is 2.71. The molecule has 0 aliphatic heterocycles. The molecule has 0 bridgehead atoms. The van der Waals surface area contributed by atoms with Gasteiger partial charge in [-0.2, -0.15) is 0 Å². The van der Waals surface area contributed by atoms with Gasteiger partial charge in [-0.3, -0.25) is 9.10 Å². The molecule has 0 spiro atoms. The molecule has 0 saturated heterocycles. The first-order chi connectivity index (χ1) is 13.2. The van der Waals surface area contributed by atoms with Crippen LogP contribution in [0.15, 0.2) is 42.5 Å². The molecular weight excluding hydrogens is 419 g/mol. The lowest BCUT2D eigenvalue weighted by atomic mass is 10.1. The minimum absolute atomic E-state index is 0.166. The normalized spacial score (nSPS) is 11.3. The van der Waals surface area contributed by atoms with Gasteiger partial charge in [-0.15, -0.1) is 0 Å². The third-order valence-corrected chi connectivity index (χ3v) is 6.07. The summed E-state index contributed by atoms with van der Waals surface area (Å²) in [4.78, 5) is 12.1. The van der Waals surface area contributed by atoms with Crippen LogP contribution in [0.4, 0.5) is 5.69 Å². The molecule has 0 atom stereocenters. The lowest BCUT2D eigenvalue weighted by molar-refractivity contribution is -0.121. The summed E-state index contributed by atoms with van der Waals surface area (Å²) in [7, 11) is -3.43. The summed E-state index contributed by atoms with van der Waals surface area (Å²) < 4.78 is 25.6. The molecule has 2 aromatic rings. The fraction of sp³-hybridized carbons (Fsp3) is 0.350. The highest BCUT2D eigenvalue weighted by Gasteiger charge is 2.17. The van der Waals surface area contributed by atoms with Crippen LogP contribution in [-0.2, 0) is 27.8 Å². The summed E-state index contributed by atoms with van der Waals surface area (Å²) in [6.07, 6.45) is 2.67. The summed E-state index contributed by atoms with van der Waals surface area (Å²) in [6, 6.07) is 12.5. The van der Waals surface area contributed by atoms with E-state index in [4.69, 9.17) is 23.2 Å². The molecule has 0 saturated carbocycles. The van der Waals surface area contributed by atoms with Crippen molar-refractivity contribution in [2.45, 2.75) is 32.7 Å². The van der Waals surface area contributed by atoms with Gasteiger partial charge in [-0.25, -0.2) is 8.42 Å². The van der Waals surface area contributed by atoms with Crippen LogP contribution in [0.1, 0.15) is 30.9 Å². The van der Waals surface area contributed by atoms with Gasteiger partial charge in [0.2, 0.25) is 15.9 Å². The van der Waals surface area contributed by atoms with E-state index in [1.165, 1.54) is 10.6 Å². The molecule has 28 heavy (non-hydrogen) atoms. The maximum absolute atomic E-state index is 12.1. The highest BCUT2D eigenvalue weighted by Crippen LogP contribution is 2.21. The molecule has 0 aliphatic carbocycles. The van der Waals surface area contributed by atoms with Crippen molar-refractivity contribution >= 4 is 44.8 Å². The van der Waals surface area contributed by atoms with Gasteiger partial charge in [0.15, 0.2) is 0 Å². The van der Waals surface area contributed by atoms with E-state index in [-0.39, 0.29) is 18.9 Å². The molecule has 0 heterocycles. The third kappa shape index (κ3) is 6.69. The van der Waals surface area contributed by atoms with Crippen molar-refractivity contribution in [3.63, 3.8) is 0 Å². The van der Waals surface area contributed by atoms with E-state index in [2.05, 4.69) is 5.32 Å². The van der Waals surface area contributed by atoms with Crippen LogP contribution in [-0.4, -0.2) is 27.1 Å². The molecule has 2 rings (SSSR count). The second-order valence-corrected chi connectivity index (χ2v) is 9.22. The van der Waals surface area contributed by atoms with Gasteiger partial charge in [0, 0.05) is 29.6 Å². The summed E-state index contributed by atoms with van der Waals surface area (Å²) >= 11 is 11.9. The van der Waals surface area contributed by atoms with Gasteiger partial charge < -0.3 is 5.32 Å². The predicted octanol–water partition coefficient (Wildman–Crippen LogP) is 4.42. The van der Waals surface area contributed by atoms with Crippen LogP contribution >= 0.6 is 23.2 Å². The summed E-state index contributed by atoms with van der Waals surface area (Å²) in [5, 5.41) is 3.82. The van der Waals surface area contributed by atoms with Crippen LogP contribution < -0.4 is 9.62 Å². The highest BCUT2D eigenvalue weighted by atomic mass is 35.5. The second kappa shape index (κ2) is 10.1. The molecule has 0 fully saturated rings. The van der Waals surface area contributed by atoms with Gasteiger partial charge in [0.05, 0.1) is 11.9 Å². The molecule has 0 aromatic heterocycles. The average molecular weight is 443 g/mol. The number of sulfonamides is 1. The molecule has 5 nitrogen and oxygen atoms in total. The summed E-state index contributed by atoms with van der Waals surface area (Å²) in [5.74, 6) is -0.166. The maximum Gasteiger partial charge on any atom is 0.232 e. The van der Waals surface area contributed by atoms with Gasteiger partial charge >= 0.3 is 0 Å². The first-order valence-electron chi connectivity index (χ1n) is 8.98. The van der Waals surface area contributed by atoms with Crippen molar-refractivity contribution < 1.29 is 13.2 Å². The number of hydrogen-bond acceptors (Lipinski definition) is 3. The Morgan fingerprint density at radius 2 is 1.79 bits per heavy atom. The van der Waals surface area contributed by atoms with E-state index in [0.717, 1.165) is 17.5 Å². The molecule has 0 unspecified atom stereocenters. The Hall–Kier alpha value is -1.76. The number of nitrogens with zero attached hydrogens (tertiary/aromatic N) is 1. The zero-order chi connectivity index (χ0) is 20.7. The molecular formula is C20H24Cl2N2O3S. The Morgan fingerprint density at radius 1 is 1.11 bits per heavy atom. The Bertz CT molecular complexity index is 916. The molecule has 152 valence electrons. The van der Waals surface area contributed by atoms with Crippen molar-refractivity contribution in [1.82, 2.24) is 5.32 Å². The number of rotatable bonds is 9. The van der Waals surface area contributed by atoms with Crippen LogP contribution in [0, 0.1) is 0 Å². The van der Waals surface area contributed by atoms with Crippen LogP contribution in [0.2, 0.25) is 10.0 Å². The Balaban J connectivity index is 1.89. The van der Waals surface area contributed by atoms with Gasteiger partial charge in [0.25, 0.3) is 0 Å². The zero-order valence-corrected chi connectivity index (χ0v) is 18.2. The molecule has 1 amide bonds. The largest absolute Gasteiger partial charge is 0.352 e. The van der Waals surface area contributed by atoms with E-state index < -0.39 is 10.0 Å². The predicted molar refractivity (Wildman–Crippen MR) is 116 cm³/mol. The van der Waals surface area contributed by atoms with Crippen molar-refractivity contribution in [3.8, 4) is 0 Å². The number of nitrogens with one attached hydrogen (secondary N) is 1. The van der Waals surface area contributed by atoms with Crippen LogP contribution in [0.25, 0.3) is 0 Å². The minimum atomic E-state index is -3.43. The van der Waals surface area contributed by atoms with E-state index in [1.54, 1.807) is 30.3 Å². The SMILES string of the molecule is CCc1ccc(N(CCCC(=O)NCc2ccc(Cl)cc2Cl)S(C)(=O)=O)cc1. The molecule has 0 aliphatic rings. The number of halogens is 2. The van der Waals surface area contributed by atoms with E-state index in [1.807, 2.05) is 19.1 Å². The standard InChI is InChI=1S/C20H24Cl2N2O3S/c1-3-15-6-10-18(11-7-15)24(28(2,26)27)12-4-5-20(25)23-14-16-8-9-17(21)13-19(16)22/h6-11,13H,3-5,12,14H2,1-2H3,(H,23,25). The number of carbonyl (C=O) groups excluding carboxylic acids is 1. The Kier molecular flexibility index (Phi) is 8.16. The smallest absolute Gasteiger partial charge is 0.232 e. The number of anilines is 1. The van der Waals surface area contributed by atoms with Crippen molar-refractivity contribution in [2.75, 3.05) is 17.1 Å². The molecule has 0 radical (unpaired) electrons. The maximum atomic E-state index is 12.1. The number of amides is 1. The number of carbonyl (C=O) groups is 1. The lowest BCUT2D eigenvalue weighted by Crippen LogP contribution is -2.32. The van der Waals surface area contributed by atoms with E-state index in [0.29, 0.717) is 28.7 Å². The monoisotopic (exact) mass is 442 g/mol. The van der Waals surface area contributed by atoms with Gasteiger partial charge in [-0.1, -0.05) is 48.3 Å². The summed E-state index contributed by atoms with van der Waals surface area (Å²) in [6.45, 7) is 2.57. The Morgan fingerprint density at radius 3 is 2.36 bits per heavy atom.